The van der Waals surface area contributed by atoms with Crippen molar-refractivity contribution in [3.63, 3.8) is 0 Å². The second-order valence-corrected chi connectivity index (χ2v) is 8.07. The summed E-state index contributed by atoms with van der Waals surface area (Å²) in [4.78, 5) is 10.4. The van der Waals surface area contributed by atoms with Gasteiger partial charge < -0.3 is 10.0 Å². The van der Waals surface area contributed by atoms with E-state index in [1.54, 1.807) is 0 Å². The molecule has 1 fully saturated rings. The molecule has 2 aromatic carbocycles. The van der Waals surface area contributed by atoms with Crippen molar-refractivity contribution < 1.29 is 9.50 Å². The van der Waals surface area contributed by atoms with Crippen LogP contribution in [0.4, 0.5) is 10.1 Å². The molecule has 4 aromatic rings. The van der Waals surface area contributed by atoms with E-state index >= 15 is 0 Å². The molecule has 1 aliphatic rings. The van der Waals surface area contributed by atoms with E-state index in [1.165, 1.54) is 34.3 Å². The van der Waals surface area contributed by atoms with Gasteiger partial charge in [-0.25, -0.2) is 9.37 Å². The Morgan fingerprint density at radius 1 is 0.966 bits per heavy atom. The maximum Gasteiger partial charge on any atom is 0.230 e. The Balaban J connectivity index is 1.44. The maximum absolute atomic E-state index is 13.2. The zero-order valence-corrected chi connectivity index (χ0v) is 16.5. The molecule has 6 nitrogen and oxygen atoms in total. The van der Waals surface area contributed by atoms with Crippen LogP contribution in [-0.4, -0.2) is 50.8 Å². The Bertz CT molecular complexity index is 1100. The molecule has 1 saturated heterocycles. The molecule has 0 radical (unpaired) electrons. The molecule has 0 bridgehead atoms. The Labute approximate surface area is 171 Å². The first-order valence-electron chi connectivity index (χ1n) is 9.51. The fourth-order valence-corrected chi connectivity index (χ4v) is 5.02. The van der Waals surface area contributed by atoms with Crippen LogP contribution in [-0.2, 0) is 0 Å². The number of hydrogen-bond acceptors (Lipinski definition) is 6. The van der Waals surface area contributed by atoms with Crippen molar-refractivity contribution in [1.29, 1.82) is 0 Å². The Kier molecular flexibility index (Phi) is 4.65. The van der Waals surface area contributed by atoms with E-state index in [-0.39, 0.29) is 17.7 Å². The van der Waals surface area contributed by atoms with Gasteiger partial charge in [0.05, 0.1) is 10.9 Å². The van der Waals surface area contributed by atoms with Gasteiger partial charge in [-0.1, -0.05) is 41.7 Å². The highest BCUT2D eigenvalue weighted by atomic mass is 32.1. The van der Waals surface area contributed by atoms with E-state index in [0.717, 1.165) is 42.3 Å². The molecule has 5 rings (SSSR count). The first-order chi connectivity index (χ1) is 14.2. The molecule has 0 aliphatic carbocycles. The number of aromatic nitrogens is 3. The lowest BCUT2D eigenvalue weighted by Gasteiger charge is -2.40. The molecule has 0 unspecified atom stereocenters. The smallest absolute Gasteiger partial charge is 0.230 e. The molecule has 3 heterocycles. The number of piperazine rings is 1. The van der Waals surface area contributed by atoms with E-state index in [4.69, 9.17) is 0 Å². The van der Waals surface area contributed by atoms with Gasteiger partial charge in [-0.05, 0) is 29.8 Å². The van der Waals surface area contributed by atoms with Crippen LogP contribution in [0.15, 0.2) is 60.9 Å². The summed E-state index contributed by atoms with van der Waals surface area (Å²) in [6.07, 6.45) is 1.45. The number of nitrogens with zero attached hydrogens (tertiary/aromatic N) is 5. The van der Waals surface area contributed by atoms with Gasteiger partial charge in [0.2, 0.25) is 10.8 Å². The summed E-state index contributed by atoms with van der Waals surface area (Å²) < 4.78 is 14.7. The molecular formula is C21H20FN5OS. The SMILES string of the molecule is Oc1c([C@@H](c2ccccc2)N2CCN(c3ccc(F)cc3)CC2)sc2ncnn12. The van der Waals surface area contributed by atoms with Crippen LogP contribution in [0.2, 0.25) is 0 Å². The molecule has 29 heavy (non-hydrogen) atoms. The zero-order chi connectivity index (χ0) is 19.8. The number of halogens is 1. The van der Waals surface area contributed by atoms with E-state index in [0.29, 0.717) is 4.96 Å². The van der Waals surface area contributed by atoms with Crippen molar-refractivity contribution in [3.8, 4) is 5.88 Å². The van der Waals surface area contributed by atoms with Crippen LogP contribution in [0, 0.1) is 5.82 Å². The lowest BCUT2D eigenvalue weighted by molar-refractivity contribution is 0.211. The average molecular weight is 409 g/mol. The van der Waals surface area contributed by atoms with Crippen LogP contribution in [0.3, 0.4) is 0 Å². The van der Waals surface area contributed by atoms with Crippen molar-refractivity contribution in [1.82, 2.24) is 19.5 Å². The number of benzene rings is 2. The number of aromatic hydroxyl groups is 1. The molecule has 0 amide bonds. The molecule has 8 heteroatoms. The van der Waals surface area contributed by atoms with Gasteiger partial charge in [-0.15, -0.1) is 0 Å². The highest BCUT2D eigenvalue weighted by Crippen LogP contribution is 2.40. The number of rotatable bonds is 4. The second kappa shape index (κ2) is 7.46. The van der Waals surface area contributed by atoms with Gasteiger partial charge >= 0.3 is 0 Å². The van der Waals surface area contributed by atoms with Gasteiger partial charge in [0.25, 0.3) is 0 Å². The largest absolute Gasteiger partial charge is 0.492 e. The van der Waals surface area contributed by atoms with Crippen LogP contribution in [0.1, 0.15) is 16.5 Å². The third-order valence-corrected chi connectivity index (χ3v) is 6.46. The molecule has 0 spiro atoms. The Morgan fingerprint density at radius 2 is 1.69 bits per heavy atom. The summed E-state index contributed by atoms with van der Waals surface area (Å²) in [5.41, 5.74) is 2.16. The number of thiazole rings is 1. The standard InChI is InChI=1S/C21H20FN5OS/c22-16-6-8-17(9-7-16)25-10-12-26(13-11-25)18(15-4-2-1-3-5-15)19-20(28)27-21(29-19)23-14-24-27/h1-9,14,18,28H,10-13H2/t18-/m1/s1. The third kappa shape index (κ3) is 3.34. The fraction of sp³-hybridized carbons (Fsp3) is 0.238. The molecule has 1 N–H and O–H groups in total. The van der Waals surface area contributed by atoms with E-state index < -0.39 is 0 Å². The van der Waals surface area contributed by atoms with Crippen molar-refractivity contribution in [2.75, 3.05) is 31.1 Å². The Hall–Kier alpha value is -2.97. The first kappa shape index (κ1) is 18.1. The second-order valence-electron chi connectivity index (χ2n) is 7.06. The fourth-order valence-electron chi connectivity index (χ4n) is 3.93. The van der Waals surface area contributed by atoms with Gasteiger partial charge in [0.1, 0.15) is 12.1 Å². The molecule has 2 aromatic heterocycles. The first-order valence-corrected chi connectivity index (χ1v) is 10.3. The van der Waals surface area contributed by atoms with E-state index in [9.17, 15) is 9.50 Å². The average Bonchev–Trinajstić information content (AvgIpc) is 3.34. The van der Waals surface area contributed by atoms with Crippen molar-refractivity contribution >= 4 is 22.0 Å². The predicted octanol–water partition coefficient (Wildman–Crippen LogP) is 3.55. The van der Waals surface area contributed by atoms with Gasteiger partial charge in [0, 0.05) is 31.9 Å². The summed E-state index contributed by atoms with van der Waals surface area (Å²) in [5.74, 6) is -0.0689. The summed E-state index contributed by atoms with van der Waals surface area (Å²) in [6.45, 7) is 3.31. The normalized spacial score (nSPS) is 16.4. The topological polar surface area (TPSA) is 56.9 Å². The summed E-state index contributed by atoms with van der Waals surface area (Å²) in [7, 11) is 0. The van der Waals surface area contributed by atoms with E-state index in [1.807, 2.05) is 30.3 Å². The summed E-state index contributed by atoms with van der Waals surface area (Å²) in [5, 5.41) is 14.9. The highest BCUT2D eigenvalue weighted by molar-refractivity contribution is 7.17. The number of fused-ring (bicyclic) bond motifs is 1. The highest BCUT2D eigenvalue weighted by Gasteiger charge is 2.31. The van der Waals surface area contributed by atoms with E-state index in [2.05, 4.69) is 32.0 Å². The molecular weight excluding hydrogens is 389 g/mol. The third-order valence-electron chi connectivity index (χ3n) is 5.37. The summed E-state index contributed by atoms with van der Waals surface area (Å²) in [6, 6.07) is 16.8. The van der Waals surface area contributed by atoms with Crippen LogP contribution in [0.25, 0.3) is 4.96 Å². The van der Waals surface area contributed by atoms with Crippen LogP contribution >= 0.6 is 11.3 Å². The monoisotopic (exact) mass is 409 g/mol. The molecule has 148 valence electrons. The van der Waals surface area contributed by atoms with Crippen molar-refractivity contribution in [3.05, 3.63) is 77.2 Å². The Morgan fingerprint density at radius 3 is 2.38 bits per heavy atom. The zero-order valence-electron chi connectivity index (χ0n) is 15.6. The minimum absolute atomic E-state index is 0.0694. The summed E-state index contributed by atoms with van der Waals surface area (Å²) >= 11 is 1.47. The van der Waals surface area contributed by atoms with Gasteiger partial charge in [0.15, 0.2) is 0 Å². The minimum Gasteiger partial charge on any atom is -0.492 e. The number of anilines is 1. The lowest BCUT2D eigenvalue weighted by atomic mass is 10.0. The van der Waals surface area contributed by atoms with Crippen molar-refractivity contribution in [2.45, 2.75) is 6.04 Å². The quantitative estimate of drug-likeness (QED) is 0.559. The van der Waals surface area contributed by atoms with Crippen molar-refractivity contribution in [2.24, 2.45) is 0 Å². The predicted molar refractivity (Wildman–Crippen MR) is 111 cm³/mol. The van der Waals surface area contributed by atoms with Crippen LogP contribution in [0.5, 0.6) is 5.88 Å². The van der Waals surface area contributed by atoms with Gasteiger partial charge in [-0.3, -0.25) is 4.90 Å². The molecule has 0 saturated carbocycles. The lowest BCUT2D eigenvalue weighted by Crippen LogP contribution is -2.47. The molecule has 1 atom stereocenters. The molecule has 1 aliphatic heterocycles. The minimum atomic E-state index is -0.219. The van der Waals surface area contributed by atoms with Gasteiger partial charge in [-0.2, -0.15) is 9.61 Å². The number of hydrogen-bond donors (Lipinski definition) is 1. The van der Waals surface area contributed by atoms with Crippen LogP contribution < -0.4 is 4.90 Å². The maximum atomic E-state index is 13.2.